The molecule has 2 N–H and O–H groups in total. The Kier molecular flexibility index (Phi) is 5.81. The molecule has 0 aliphatic rings. The molecule has 0 fully saturated rings. The van der Waals surface area contributed by atoms with Crippen LogP contribution in [0.5, 0.6) is 0 Å². The molecule has 3 unspecified atom stereocenters. The smallest absolute Gasteiger partial charge is 0.319 e. The first-order valence-corrected chi connectivity index (χ1v) is 6.84. The summed E-state index contributed by atoms with van der Waals surface area (Å²) in [5.41, 5.74) is -0.373. The Labute approximate surface area is 104 Å². The quantitative estimate of drug-likeness (QED) is 0.746. The molecular formula is C11H21NO4S. The van der Waals surface area contributed by atoms with Gasteiger partial charge in [0.1, 0.15) is 10.5 Å². The highest BCUT2D eigenvalue weighted by atomic mass is 32.2. The molecule has 0 aliphatic heterocycles. The summed E-state index contributed by atoms with van der Waals surface area (Å²) in [5.74, 6) is -1.53. The van der Waals surface area contributed by atoms with Crippen molar-refractivity contribution in [3.8, 4) is 0 Å². The first-order chi connectivity index (χ1) is 7.62. The van der Waals surface area contributed by atoms with Gasteiger partial charge in [-0.25, -0.2) is 0 Å². The molecule has 0 saturated heterocycles. The van der Waals surface area contributed by atoms with Crippen molar-refractivity contribution < 1.29 is 18.9 Å². The normalized spacial score (nSPS) is 17.0. The van der Waals surface area contributed by atoms with Crippen molar-refractivity contribution in [2.24, 2.45) is 0 Å². The van der Waals surface area contributed by atoms with Crippen molar-refractivity contribution in [1.29, 1.82) is 0 Å². The summed E-state index contributed by atoms with van der Waals surface area (Å²) in [7, 11) is -1.72. The van der Waals surface area contributed by atoms with Gasteiger partial charge in [0.2, 0.25) is 5.91 Å². The second-order valence-electron chi connectivity index (χ2n) is 4.68. The van der Waals surface area contributed by atoms with Crippen LogP contribution in [0.2, 0.25) is 0 Å². The van der Waals surface area contributed by atoms with Gasteiger partial charge in [-0.1, -0.05) is 6.92 Å². The fraction of sp³-hybridized carbons (Fsp3) is 0.818. The molecule has 0 aromatic carbocycles. The Balaban J connectivity index is 4.62. The Bertz CT molecular complexity index is 327. The Morgan fingerprint density at radius 2 is 1.76 bits per heavy atom. The van der Waals surface area contributed by atoms with E-state index in [0.717, 1.165) is 6.42 Å². The highest BCUT2D eigenvalue weighted by Crippen LogP contribution is 2.10. The van der Waals surface area contributed by atoms with Crippen LogP contribution >= 0.6 is 0 Å². The number of carbonyl (C=O) groups is 2. The van der Waals surface area contributed by atoms with E-state index in [1.165, 1.54) is 13.8 Å². The third-order valence-electron chi connectivity index (χ3n) is 2.76. The summed E-state index contributed by atoms with van der Waals surface area (Å²) in [6, 6.07) is 0. The van der Waals surface area contributed by atoms with Crippen LogP contribution in [-0.2, 0) is 20.4 Å². The SMILES string of the molecule is CCC(C)(C)NC(=O)C(C)S(=O)C(C)C(=O)O. The first kappa shape index (κ1) is 16.1. The molecule has 0 aliphatic carbocycles. The lowest BCUT2D eigenvalue weighted by Gasteiger charge is -2.26. The Morgan fingerprint density at radius 3 is 2.12 bits per heavy atom. The fourth-order valence-corrected chi connectivity index (χ4v) is 2.12. The lowest BCUT2D eigenvalue weighted by atomic mass is 10.0. The largest absolute Gasteiger partial charge is 0.480 e. The Morgan fingerprint density at radius 1 is 1.29 bits per heavy atom. The van der Waals surface area contributed by atoms with Gasteiger partial charge in [-0.05, 0) is 34.1 Å². The average molecular weight is 263 g/mol. The van der Waals surface area contributed by atoms with Crippen molar-refractivity contribution in [3.05, 3.63) is 0 Å². The van der Waals surface area contributed by atoms with Crippen LogP contribution in [0, 0.1) is 0 Å². The average Bonchev–Trinajstić information content (AvgIpc) is 2.25. The van der Waals surface area contributed by atoms with E-state index in [2.05, 4.69) is 5.32 Å². The Hall–Kier alpha value is -0.910. The molecule has 0 rings (SSSR count). The molecule has 3 atom stereocenters. The van der Waals surface area contributed by atoms with Gasteiger partial charge in [0.25, 0.3) is 0 Å². The van der Waals surface area contributed by atoms with Gasteiger partial charge in [0.05, 0.1) is 0 Å². The van der Waals surface area contributed by atoms with Crippen molar-refractivity contribution in [3.63, 3.8) is 0 Å². The molecule has 17 heavy (non-hydrogen) atoms. The zero-order valence-electron chi connectivity index (χ0n) is 10.9. The number of hydrogen-bond acceptors (Lipinski definition) is 3. The molecule has 0 radical (unpaired) electrons. The topological polar surface area (TPSA) is 83.5 Å². The van der Waals surface area contributed by atoms with Gasteiger partial charge in [0.15, 0.2) is 0 Å². The number of carboxylic acids is 1. The van der Waals surface area contributed by atoms with E-state index in [1.54, 1.807) is 0 Å². The van der Waals surface area contributed by atoms with E-state index in [4.69, 9.17) is 5.11 Å². The van der Waals surface area contributed by atoms with Gasteiger partial charge in [0, 0.05) is 16.3 Å². The number of rotatable bonds is 6. The van der Waals surface area contributed by atoms with E-state index >= 15 is 0 Å². The lowest BCUT2D eigenvalue weighted by Crippen LogP contribution is -2.49. The lowest BCUT2D eigenvalue weighted by molar-refractivity contribution is -0.136. The van der Waals surface area contributed by atoms with Crippen LogP contribution in [0.25, 0.3) is 0 Å². The molecule has 0 spiro atoms. The molecule has 0 aromatic heterocycles. The number of carboxylic acid groups (broad SMARTS) is 1. The zero-order chi connectivity index (χ0) is 13.8. The van der Waals surface area contributed by atoms with Gasteiger partial charge in [-0.3, -0.25) is 13.8 Å². The third kappa shape index (κ3) is 4.85. The van der Waals surface area contributed by atoms with E-state index in [-0.39, 0.29) is 11.4 Å². The third-order valence-corrected chi connectivity index (χ3v) is 4.57. The molecule has 0 heterocycles. The zero-order valence-corrected chi connectivity index (χ0v) is 11.8. The predicted octanol–water partition coefficient (Wildman–Crippen LogP) is 0.901. The first-order valence-electron chi connectivity index (χ1n) is 5.56. The van der Waals surface area contributed by atoms with Crippen molar-refractivity contribution in [2.45, 2.75) is 57.1 Å². The van der Waals surface area contributed by atoms with Crippen LogP contribution in [0.15, 0.2) is 0 Å². The summed E-state index contributed by atoms with van der Waals surface area (Å²) in [6.07, 6.45) is 0.743. The molecular weight excluding hydrogens is 242 g/mol. The summed E-state index contributed by atoms with van der Waals surface area (Å²) < 4.78 is 11.8. The highest BCUT2D eigenvalue weighted by Gasteiger charge is 2.30. The van der Waals surface area contributed by atoms with Crippen LogP contribution in [-0.4, -0.2) is 37.2 Å². The van der Waals surface area contributed by atoms with Gasteiger partial charge in [-0.2, -0.15) is 0 Å². The van der Waals surface area contributed by atoms with Crippen molar-refractivity contribution in [1.82, 2.24) is 5.32 Å². The summed E-state index contributed by atoms with van der Waals surface area (Å²) in [4.78, 5) is 22.5. The van der Waals surface area contributed by atoms with Crippen molar-refractivity contribution in [2.75, 3.05) is 0 Å². The standard InChI is InChI=1S/C11H21NO4S/c1-6-11(4,5)12-9(13)7(2)17(16)8(3)10(14)15/h7-8H,6H2,1-5H3,(H,12,13)(H,14,15). The minimum Gasteiger partial charge on any atom is -0.480 e. The molecule has 1 amide bonds. The second kappa shape index (κ2) is 6.14. The summed E-state index contributed by atoms with van der Waals surface area (Å²) >= 11 is 0. The van der Waals surface area contributed by atoms with Gasteiger partial charge >= 0.3 is 5.97 Å². The summed E-state index contributed by atoms with van der Waals surface area (Å²) in [5, 5.41) is 9.62. The highest BCUT2D eigenvalue weighted by molar-refractivity contribution is 7.87. The van der Waals surface area contributed by atoms with Crippen LogP contribution in [0.4, 0.5) is 0 Å². The maximum Gasteiger partial charge on any atom is 0.319 e. The molecule has 6 heteroatoms. The number of carbonyl (C=O) groups excluding carboxylic acids is 1. The van der Waals surface area contributed by atoms with Gasteiger partial charge < -0.3 is 10.4 Å². The molecule has 0 aromatic rings. The number of amides is 1. The maximum absolute atomic E-state index is 11.8. The number of nitrogens with one attached hydrogen (secondary N) is 1. The van der Waals surface area contributed by atoms with Crippen LogP contribution in [0.1, 0.15) is 41.0 Å². The molecule has 5 nitrogen and oxygen atoms in total. The van der Waals surface area contributed by atoms with Gasteiger partial charge in [-0.15, -0.1) is 0 Å². The van der Waals surface area contributed by atoms with E-state index in [1.807, 2.05) is 20.8 Å². The number of aliphatic carboxylic acids is 1. The van der Waals surface area contributed by atoms with E-state index < -0.39 is 27.3 Å². The maximum atomic E-state index is 11.8. The molecule has 100 valence electrons. The minimum absolute atomic E-state index is 0.372. The summed E-state index contributed by atoms with van der Waals surface area (Å²) in [6.45, 7) is 8.48. The molecule has 0 bridgehead atoms. The van der Waals surface area contributed by atoms with E-state index in [9.17, 15) is 13.8 Å². The monoisotopic (exact) mass is 263 g/mol. The molecule has 0 saturated carbocycles. The predicted molar refractivity (Wildman–Crippen MR) is 67.2 cm³/mol. The van der Waals surface area contributed by atoms with Crippen LogP contribution in [0.3, 0.4) is 0 Å². The second-order valence-corrected chi connectivity index (χ2v) is 6.75. The number of hydrogen-bond donors (Lipinski definition) is 2. The van der Waals surface area contributed by atoms with E-state index in [0.29, 0.717) is 0 Å². The fourth-order valence-electron chi connectivity index (χ4n) is 1.03. The van der Waals surface area contributed by atoms with Crippen LogP contribution < -0.4 is 5.32 Å². The minimum atomic E-state index is -1.72. The van der Waals surface area contributed by atoms with Crippen molar-refractivity contribution >= 4 is 22.7 Å².